The highest BCUT2D eigenvalue weighted by Gasteiger charge is 2.18. The number of hydrogen-bond donors (Lipinski definition) is 5. The molecule has 1 aromatic heterocycles. The van der Waals surface area contributed by atoms with Crippen LogP contribution in [0.25, 0.3) is 0 Å². The van der Waals surface area contributed by atoms with Gasteiger partial charge in [0, 0.05) is 12.3 Å². The van der Waals surface area contributed by atoms with Crippen molar-refractivity contribution in [1.82, 2.24) is 15.3 Å². The van der Waals surface area contributed by atoms with Crippen LogP contribution >= 0.6 is 23.4 Å². The van der Waals surface area contributed by atoms with Gasteiger partial charge in [0.05, 0.1) is 0 Å². The summed E-state index contributed by atoms with van der Waals surface area (Å²) in [5.41, 5.74) is 22.0. The van der Waals surface area contributed by atoms with Gasteiger partial charge in [-0.3, -0.25) is 15.1 Å². The van der Waals surface area contributed by atoms with Crippen molar-refractivity contribution >= 4 is 52.2 Å². The standard InChI is InChI=1S/C22H28ClN7O3S.C2H6/c23-17-19(25)29-18(24)16(28-17)20(31)30-21(26)27-10-4-3-5-12-8-9-13(11-34-22(32)33)15-7-2-1-6-14(12)15;1-2/h8-9H,1-7,10-11H2,(H,32,33)(H4,24,25,29)(H3,26,27,30,31);1-2H3. The highest BCUT2D eigenvalue weighted by Crippen LogP contribution is 2.31. The summed E-state index contributed by atoms with van der Waals surface area (Å²) in [6.45, 7) is 4.45. The van der Waals surface area contributed by atoms with Crippen LogP contribution in [0.1, 0.15) is 72.3 Å². The van der Waals surface area contributed by atoms with E-state index in [1.165, 1.54) is 16.7 Å². The third-order valence-electron chi connectivity index (χ3n) is 5.58. The summed E-state index contributed by atoms with van der Waals surface area (Å²) in [5.74, 6) is -0.425. The van der Waals surface area contributed by atoms with E-state index in [0.717, 1.165) is 62.3 Å². The molecule has 1 aromatic carbocycles. The van der Waals surface area contributed by atoms with Crippen LogP contribution in [0.5, 0.6) is 0 Å². The van der Waals surface area contributed by atoms with Crippen molar-refractivity contribution < 1.29 is 14.7 Å². The number of thioether (sulfide) groups is 1. The lowest BCUT2D eigenvalue weighted by Gasteiger charge is -2.22. The fourth-order valence-electron chi connectivity index (χ4n) is 3.98. The molecule has 1 amide bonds. The smallest absolute Gasteiger partial charge is 0.365 e. The largest absolute Gasteiger partial charge is 0.473 e. The monoisotopic (exact) mass is 535 g/mol. The third kappa shape index (κ3) is 8.27. The Hall–Kier alpha value is -3.05. The molecule has 3 rings (SSSR count). The van der Waals surface area contributed by atoms with Gasteiger partial charge in [-0.1, -0.05) is 37.6 Å². The van der Waals surface area contributed by atoms with Gasteiger partial charge in [0.1, 0.15) is 0 Å². The number of rotatable bonds is 8. The number of nitrogens with zero attached hydrogens (tertiary/aromatic N) is 3. The Kier molecular flexibility index (Phi) is 11.7. The van der Waals surface area contributed by atoms with Crippen molar-refractivity contribution in [2.24, 2.45) is 10.7 Å². The van der Waals surface area contributed by atoms with Crippen molar-refractivity contribution in [3.63, 3.8) is 0 Å². The molecular weight excluding hydrogens is 502 g/mol. The van der Waals surface area contributed by atoms with E-state index in [2.05, 4.69) is 32.4 Å². The van der Waals surface area contributed by atoms with Crippen molar-refractivity contribution in [3.8, 4) is 0 Å². The Morgan fingerprint density at radius 1 is 1.08 bits per heavy atom. The third-order valence-corrected chi connectivity index (χ3v) is 6.56. The molecule has 10 nitrogen and oxygen atoms in total. The first kappa shape index (κ1) is 29.2. The average Bonchev–Trinajstić information content (AvgIpc) is 2.86. The van der Waals surface area contributed by atoms with E-state index in [0.29, 0.717) is 12.3 Å². The number of nitrogens with one attached hydrogen (secondary N) is 1. The second kappa shape index (κ2) is 14.5. The number of nitrogen functional groups attached to an aromatic ring is 2. The predicted octanol–water partition coefficient (Wildman–Crippen LogP) is 4.18. The summed E-state index contributed by atoms with van der Waals surface area (Å²) in [4.78, 5) is 35.0. The van der Waals surface area contributed by atoms with Gasteiger partial charge in [0.25, 0.3) is 5.91 Å². The van der Waals surface area contributed by atoms with Gasteiger partial charge in [0.15, 0.2) is 28.4 Å². The predicted molar refractivity (Wildman–Crippen MR) is 147 cm³/mol. The lowest BCUT2D eigenvalue weighted by atomic mass is 9.84. The Morgan fingerprint density at radius 3 is 2.39 bits per heavy atom. The molecule has 12 heteroatoms. The SMILES string of the molecule is CC.NC(=NCCCCc1ccc(CSC(=O)O)c2c1CCCC2)NC(=O)c1nc(Cl)c(N)nc1N. The van der Waals surface area contributed by atoms with Gasteiger partial charge < -0.3 is 22.3 Å². The highest BCUT2D eigenvalue weighted by molar-refractivity contribution is 8.12. The first-order valence-corrected chi connectivity index (χ1v) is 13.3. The van der Waals surface area contributed by atoms with E-state index >= 15 is 0 Å². The molecule has 0 radical (unpaired) electrons. The summed E-state index contributed by atoms with van der Waals surface area (Å²) in [6.07, 6.45) is 6.95. The molecule has 1 aliphatic carbocycles. The lowest BCUT2D eigenvalue weighted by molar-refractivity contribution is 0.0972. The number of carboxylic acid groups (broad SMARTS) is 1. The summed E-state index contributed by atoms with van der Waals surface area (Å²) in [6, 6.07) is 4.20. The van der Waals surface area contributed by atoms with E-state index in [-0.39, 0.29) is 28.4 Å². The maximum Gasteiger partial charge on any atom is 0.365 e. The average molecular weight is 536 g/mol. The van der Waals surface area contributed by atoms with Crippen LogP contribution in [0.4, 0.5) is 16.4 Å². The number of fused-ring (bicyclic) bond motifs is 1. The fraction of sp³-hybridized carbons (Fsp3) is 0.458. The van der Waals surface area contributed by atoms with Crippen LogP contribution in [0.3, 0.4) is 0 Å². The van der Waals surface area contributed by atoms with Crippen molar-refractivity contribution in [1.29, 1.82) is 0 Å². The van der Waals surface area contributed by atoms with E-state index in [1.807, 2.05) is 13.8 Å². The lowest BCUT2D eigenvalue weighted by Crippen LogP contribution is -2.38. The summed E-state index contributed by atoms with van der Waals surface area (Å²) >= 11 is 6.72. The molecule has 0 unspecified atom stereocenters. The zero-order valence-electron chi connectivity index (χ0n) is 20.6. The second-order valence-corrected chi connectivity index (χ2v) is 9.20. The van der Waals surface area contributed by atoms with Gasteiger partial charge in [-0.05, 0) is 79.0 Å². The number of anilines is 2. The molecule has 196 valence electrons. The fourth-order valence-corrected chi connectivity index (χ4v) is 4.65. The molecule has 0 atom stereocenters. The Labute approximate surface area is 220 Å². The molecule has 0 fully saturated rings. The van der Waals surface area contributed by atoms with Crippen molar-refractivity contribution in [2.75, 3.05) is 18.0 Å². The quantitative estimate of drug-likeness (QED) is 0.188. The zero-order chi connectivity index (χ0) is 26.7. The number of hydrogen-bond acceptors (Lipinski definition) is 8. The molecule has 0 aliphatic heterocycles. The van der Waals surface area contributed by atoms with Crippen LogP contribution in [0.15, 0.2) is 17.1 Å². The first-order valence-electron chi connectivity index (χ1n) is 11.9. The maximum atomic E-state index is 12.3. The molecule has 1 aliphatic rings. The summed E-state index contributed by atoms with van der Waals surface area (Å²) < 4.78 is 0. The molecule has 0 saturated carbocycles. The number of guanidine groups is 1. The Morgan fingerprint density at radius 2 is 1.72 bits per heavy atom. The number of benzene rings is 1. The minimum Gasteiger partial charge on any atom is -0.473 e. The molecular formula is C24H34ClN7O3S. The van der Waals surface area contributed by atoms with Gasteiger partial charge in [0.2, 0.25) is 0 Å². The Bertz CT molecular complexity index is 1110. The highest BCUT2D eigenvalue weighted by atomic mass is 35.5. The minimum atomic E-state index is -0.849. The number of nitrogens with two attached hydrogens (primary N) is 3. The molecule has 36 heavy (non-hydrogen) atoms. The number of carbonyl (C=O) groups is 2. The van der Waals surface area contributed by atoms with Crippen molar-refractivity contribution in [2.45, 2.75) is 64.5 Å². The number of amides is 1. The van der Waals surface area contributed by atoms with Crippen molar-refractivity contribution in [3.05, 3.63) is 45.2 Å². The van der Waals surface area contributed by atoms with E-state index < -0.39 is 11.2 Å². The van der Waals surface area contributed by atoms with Gasteiger partial charge in [-0.25, -0.2) is 14.8 Å². The molecule has 8 N–H and O–H groups in total. The number of aryl methyl sites for hydroxylation is 1. The van der Waals surface area contributed by atoms with E-state index in [4.69, 9.17) is 33.9 Å². The van der Waals surface area contributed by atoms with Crippen LogP contribution in [-0.4, -0.2) is 38.8 Å². The van der Waals surface area contributed by atoms with Gasteiger partial charge in [-0.15, -0.1) is 0 Å². The number of aliphatic imine (C=N–C) groups is 1. The number of unbranched alkanes of at least 4 members (excludes halogenated alkanes) is 1. The number of carbonyl (C=O) groups excluding carboxylic acids is 1. The van der Waals surface area contributed by atoms with E-state index in [1.54, 1.807) is 0 Å². The van der Waals surface area contributed by atoms with Crippen LogP contribution in [0.2, 0.25) is 5.15 Å². The molecule has 0 spiro atoms. The normalized spacial score (nSPS) is 12.8. The molecule has 1 heterocycles. The van der Waals surface area contributed by atoms with Crippen LogP contribution < -0.4 is 22.5 Å². The van der Waals surface area contributed by atoms with Crippen LogP contribution in [-0.2, 0) is 25.0 Å². The summed E-state index contributed by atoms with van der Waals surface area (Å²) in [5, 5.41) is 10.4. The number of aromatic nitrogens is 2. The van der Waals surface area contributed by atoms with Gasteiger partial charge in [-0.2, -0.15) is 0 Å². The Balaban J connectivity index is 0.00000222. The van der Waals surface area contributed by atoms with Crippen LogP contribution in [0, 0.1) is 0 Å². The number of halogens is 1. The zero-order valence-corrected chi connectivity index (χ0v) is 22.2. The first-order chi connectivity index (χ1) is 17.3. The van der Waals surface area contributed by atoms with E-state index in [9.17, 15) is 9.59 Å². The topological polar surface area (TPSA) is 183 Å². The minimum absolute atomic E-state index is 0.0446. The maximum absolute atomic E-state index is 12.3. The molecule has 0 bridgehead atoms. The molecule has 0 saturated heterocycles. The van der Waals surface area contributed by atoms with Gasteiger partial charge >= 0.3 is 5.30 Å². The summed E-state index contributed by atoms with van der Waals surface area (Å²) in [7, 11) is 0. The second-order valence-electron chi connectivity index (χ2n) is 7.91. The molecule has 2 aromatic rings.